The number of rotatable bonds is 0. The molecule has 72 valence electrons. The average molecular weight is 199 g/mol. The van der Waals surface area contributed by atoms with Crippen LogP contribution in [0.4, 0.5) is 0 Å². The van der Waals surface area contributed by atoms with Crippen molar-refractivity contribution in [2.75, 3.05) is 0 Å². The van der Waals surface area contributed by atoms with Crippen LogP contribution < -0.4 is 0 Å². The normalized spacial score (nSPS) is 27.4. The second kappa shape index (κ2) is 3.02. The summed E-state index contributed by atoms with van der Waals surface area (Å²) >= 11 is 6.31. The van der Waals surface area contributed by atoms with E-state index in [1.54, 1.807) is 0 Å². The predicted molar refractivity (Wildman–Crippen MR) is 54.0 cm³/mol. The molecule has 1 heterocycles. The van der Waals surface area contributed by atoms with Crippen molar-refractivity contribution in [1.82, 2.24) is 9.78 Å². The number of fused-ring (bicyclic) bond motifs is 1. The largest absolute Gasteiger partial charge is 0.272 e. The van der Waals surface area contributed by atoms with Crippen LogP contribution in [-0.2, 0) is 13.5 Å². The Morgan fingerprint density at radius 1 is 1.54 bits per heavy atom. The van der Waals surface area contributed by atoms with E-state index < -0.39 is 0 Å². The zero-order valence-corrected chi connectivity index (χ0v) is 9.10. The van der Waals surface area contributed by atoms with Gasteiger partial charge >= 0.3 is 0 Å². The van der Waals surface area contributed by atoms with Crippen LogP contribution in [0.5, 0.6) is 0 Å². The highest BCUT2D eigenvalue weighted by molar-refractivity contribution is 6.21. The maximum Gasteiger partial charge on any atom is 0.0643 e. The van der Waals surface area contributed by atoms with Crippen LogP contribution in [0.1, 0.15) is 35.7 Å². The van der Waals surface area contributed by atoms with Crippen molar-refractivity contribution in [3.63, 3.8) is 0 Å². The van der Waals surface area contributed by atoms with Gasteiger partial charge in [-0.1, -0.05) is 6.92 Å². The molecule has 1 aliphatic carbocycles. The molecule has 0 saturated heterocycles. The molecule has 0 amide bonds. The Morgan fingerprint density at radius 3 is 2.92 bits per heavy atom. The van der Waals surface area contributed by atoms with Crippen LogP contribution in [0.2, 0.25) is 0 Å². The highest BCUT2D eigenvalue weighted by Gasteiger charge is 2.27. The molecule has 2 rings (SSSR count). The quantitative estimate of drug-likeness (QED) is 0.586. The summed E-state index contributed by atoms with van der Waals surface area (Å²) in [6, 6.07) is 0. The summed E-state index contributed by atoms with van der Waals surface area (Å²) in [5.74, 6) is 0.685. The standard InChI is InChI=1S/C10H15ClN2/c1-6-4-8(11)10-7(2)12-13(3)9(10)5-6/h6,8H,4-5H2,1-3H3. The van der Waals surface area contributed by atoms with E-state index in [-0.39, 0.29) is 5.38 Å². The third kappa shape index (κ3) is 1.37. The lowest BCUT2D eigenvalue weighted by Gasteiger charge is -2.23. The van der Waals surface area contributed by atoms with Gasteiger partial charge in [-0.2, -0.15) is 5.10 Å². The van der Waals surface area contributed by atoms with E-state index >= 15 is 0 Å². The number of nitrogens with zero attached hydrogens (tertiary/aromatic N) is 2. The van der Waals surface area contributed by atoms with Gasteiger partial charge in [-0.3, -0.25) is 4.68 Å². The number of hydrogen-bond donors (Lipinski definition) is 0. The van der Waals surface area contributed by atoms with Crippen molar-refractivity contribution < 1.29 is 0 Å². The zero-order chi connectivity index (χ0) is 9.59. The predicted octanol–water partition coefficient (Wildman–Crippen LogP) is 2.59. The molecule has 2 nitrogen and oxygen atoms in total. The van der Waals surface area contributed by atoms with E-state index in [0.717, 1.165) is 18.5 Å². The Kier molecular flexibility index (Phi) is 2.11. The van der Waals surface area contributed by atoms with Crippen LogP contribution in [0.3, 0.4) is 0 Å². The molecule has 3 heteroatoms. The lowest BCUT2D eigenvalue weighted by Crippen LogP contribution is -2.15. The highest BCUT2D eigenvalue weighted by atomic mass is 35.5. The fourth-order valence-electron chi connectivity index (χ4n) is 2.26. The maximum absolute atomic E-state index is 6.31. The van der Waals surface area contributed by atoms with Gasteiger partial charge in [0.15, 0.2) is 0 Å². The third-order valence-corrected chi connectivity index (χ3v) is 3.25. The topological polar surface area (TPSA) is 17.8 Å². The van der Waals surface area contributed by atoms with Crippen molar-refractivity contribution >= 4 is 11.6 Å². The van der Waals surface area contributed by atoms with Crippen molar-refractivity contribution in [3.05, 3.63) is 17.0 Å². The molecule has 1 aromatic rings. The highest BCUT2D eigenvalue weighted by Crippen LogP contribution is 2.38. The van der Waals surface area contributed by atoms with Gasteiger partial charge in [0.1, 0.15) is 0 Å². The Hall–Kier alpha value is -0.500. The molecule has 0 saturated carbocycles. The third-order valence-electron chi connectivity index (χ3n) is 2.86. The zero-order valence-electron chi connectivity index (χ0n) is 8.34. The smallest absolute Gasteiger partial charge is 0.0643 e. The Balaban J connectivity index is 2.51. The fourth-order valence-corrected chi connectivity index (χ4v) is 2.84. The SMILES string of the molecule is Cc1nn(C)c2c1C(Cl)CC(C)C2. The molecule has 0 bridgehead atoms. The molecule has 1 aromatic heterocycles. The summed E-state index contributed by atoms with van der Waals surface area (Å²) in [5.41, 5.74) is 3.71. The number of aryl methyl sites for hydroxylation is 2. The van der Waals surface area contributed by atoms with Crippen LogP contribution in [-0.4, -0.2) is 9.78 Å². The molecule has 1 aliphatic rings. The van der Waals surface area contributed by atoms with Crippen LogP contribution in [0.25, 0.3) is 0 Å². The van der Waals surface area contributed by atoms with E-state index in [4.69, 9.17) is 11.6 Å². The summed E-state index contributed by atoms with van der Waals surface area (Å²) in [5, 5.41) is 4.58. The van der Waals surface area contributed by atoms with E-state index in [0.29, 0.717) is 5.92 Å². The second-order valence-corrected chi connectivity index (χ2v) is 4.61. The number of halogens is 1. The van der Waals surface area contributed by atoms with Crippen molar-refractivity contribution in [2.45, 2.75) is 32.1 Å². The molecule has 0 aliphatic heterocycles. The van der Waals surface area contributed by atoms with Crippen LogP contribution >= 0.6 is 11.6 Å². The summed E-state index contributed by atoms with van der Waals surface area (Å²) in [7, 11) is 2.01. The molecule has 13 heavy (non-hydrogen) atoms. The van der Waals surface area contributed by atoms with Gasteiger partial charge < -0.3 is 0 Å². The lowest BCUT2D eigenvalue weighted by atomic mass is 9.88. The molecule has 0 aromatic carbocycles. The van der Waals surface area contributed by atoms with Gasteiger partial charge in [0.05, 0.1) is 11.1 Å². The average Bonchev–Trinajstić information content (AvgIpc) is 2.27. The van der Waals surface area contributed by atoms with Gasteiger partial charge in [-0.05, 0) is 25.7 Å². The van der Waals surface area contributed by atoms with Crippen LogP contribution in [0.15, 0.2) is 0 Å². The van der Waals surface area contributed by atoms with E-state index in [2.05, 4.69) is 12.0 Å². The fraction of sp³-hybridized carbons (Fsp3) is 0.700. The second-order valence-electron chi connectivity index (χ2n) is 4.08. The van der Waals surface area contributed by atoms with Crippen molar-refractivity contribution in [3.8, 4) is 0 Å². The van der Waals surface area contributed by atoms with Crippen molar-refractivity contribution in [2.24, 2.45) is 13.0 Å². The Bertz CT molecular complexity index is 330. The summed E-state index contributed by atoms with van der Waals surface area (Å²) in [6.45, 7) is 4.30. The first-order chi connectivity index (χ1) is 6.09. The monoisotopic (exact) mass is 198 g/mol. The summed E-state index contributed by atoms with van der Waals surface area (Å²) in [6.07, 6.45) is 2.21. The van der Waals surface area contributed by atoms with E-state index in [9.17, 15) is 0 Å². The van der Waals surface area contributed by atoms with E-state index in [1.807, 2.05) is 18.7 Å². The van der Waals surface area contributed by atoms with Gasteiger partial charge in [0.2, 0.25) is 0 Å². The first-order valence-electron chi connectivity index (χ1n) is 4.76. The number of hydrogen-bond acceptors (Lipinski definition) is 1. The van der Waals surface area contributed by atoms with Gasteiger partial charge in [0.25, 0.3) is 0 Å². The number of alkyl halides is 1. The van der Waals surface area contributed by atoms with Gasteiger partial charge in [0, 0.05) is 18.3 Å². The summed E-state index contributed by atoms with van der Waals surface area (Å²) < 4.78 is 1.98. The minimum Gasteiger partial charge on any atom is -0.272 e. The van der Waals surface area contributed by atoms with Gasteiger partial charge in [-0.25, -0.2) is 0 Å². The molecule has 0 N–H and O–H groups in total. The summed E-state index contributed by atoms with van der Waals surface area (Å²) in [4.78, 5) is 0. The van der Waals surface area contributed by atoms with Crippen LogP contribution in [0, 0.1) is 12.8 Å². The van der Waals surface area contributed by atoms with Crippen molar-refractivity contribution in [1.29, 1.82) is 0 Å². The molecular formula is C10H15ClN2. The minimum absolute atomic E-state index is 0.174. The molecule has 0 fully saturated rings. The molecule has 0 radical (unpaired) electrons. The lowest BCUT2D eigenvalue weighted by molar-refractivity contribution is 0.472. The Labute approximate surface area is 83.9 Å². The minimum atomic E-state index is 0.174. The molecule has 2 atom stereocenters. The molecule has 2 unspecified atom stereocenters. The van der Waals surface area contributed by atoms with Gasteiger partial charge in [-0.15, -0.1) is 11.6 Å². The van der Waals surface area contributed by atoms with E-state index in [1.165, 1.54) is 11.3 Å². The Morgan fingerprint density at radius 2 is 2.23 bits per heavy atom. The number of aromatic nitrogens is 2. The maximum atomic E-state index is 6.31. The first-order valence-corrected chi connectivity index (χ1v) is 5.19. The molecule has 0 spiro atoms. The molecular weight excluding hydrogens is 184 g/mol. The first kappa shape index (κ1) is 9.07.